The van der Waals surface area contributed by atoms with Crippen LogP contribution >= 0.6 is 0 Å². The first-order chi connectivity index (χ1) is 6.97. The van der Waals surface area contributed by atoms with E-state index in [0.717, 1.165) is 12.8 Å². The van der Waals surface area contributed by atoms with Gasteiger partial charge in [-0.15, -0.1) is 0 Å². The fourth-order valence-corrected chi connectivity index (χ4v) is 1.12. The Balaban J connectivity index is 4.06. The van der Waals surface area contributed by atoms with Crippen LogP contribution in [0.15, 0.2) is 0 Å². The molecular formula is C13H29NO2. The first-order valence-electron chi connectivity index (χ1n) is 5.95. The van der Waals surface area contributed by atoms with Crippen molar-refractivity contribution < 1.29 is 9.47 Å². The lowest BCUT2D eigenvalue weighted by Crippen LogP contribution is -2.39. The Morgan fingerprint density at radius 1 is 0.875 bits per heavy atom. The van der Waals surface area contributed by atoms with Crippen molar-refractivity contribution in [1.29, 1.82) is 0 Å². The Morgan fingerprint density at radius 3 is 1.75 bits per heavy atom. The molecule has 98 valence electrons. The van der Waals surface area contributed by atoms with Crippen molar-refractivity contribution in [2.45, 2.75) is 71.1 Å². The SMILES string of the molecule is COC(C)(C)COC(C)(C)CCC(C)(C)N. The highest BCUT2D eigenvalue weighted by Crippen LogP contribution is 2.23. The summed E-state index contributed by atoms with van der Waals surface area (Å²) in [5, 5.41) is 0. The van der Waals surface area contributed by atoms with E-state index in [9.17, 15) is 0 Å². The second-order valence-corrected chi connectivity index (χ2v) is 6.50. The molecule has 3 heteroatoms. The molecule has 0 saturated carbocycles. The van der Waals surface area contributed by atoms with Gasteiger partial charge in [-0.25, -0.2) is 0 Å². The van der Waals surface area contributed by atoms with Gasteiger partial charge in [-0.05, 0) is 54.4 Å². The molecule has 0 saturated heterocycles. The number of methoxy groups -OCH3 is 1. The summed E-state index contributed by atoms with van der Waals surface area (Å²) in [5.74, 6) is 0. The third kappa shape index (κ3) is 8.08. The summed E-state index contributed by atoms with van der Waals surface area (Å²) in [4.78, 5) is 0. The van der Waals surface area contributed by atoms with Gasteiger partial charge in [0.2, 0.25) is 0 Å². The molecule has 0 bridgehead atoms. The number of hydrogen-bond acceptors (Lipinski definition) is 3. The molecule has 0 rings (SSSR count). The fourth-order valence-electron chi connectivity index (χ4n) is 1.12. The third-order valence-electron chi connectivity index (χ3n) is 2.73. The molecule has 0 aromatic carbocycles. The second-order valence-electron chi connectivity index (χ2n) is 6.50. The zero-order valence-corrected chi connectivity index (χ0v) is 12.0. The standard InChI is InChI=1S/C13H29NO2/c1-11(2,14)8-9-12(3,4)16-10-13(5,6)15-7/h8-10,14H2,1-7H3. The van der Waals surface area contributed by atoms with E-state index in [2.05, 4.69) is 13.8 Å². The van der Waals surface area contributed by atoms with Crippen molar-refractivity contribution in [1.82, 2.24) is 0 Å². The molecule has 0 amide bonds. The van der Waals surface area contributed by atoms with Crippen molar-refractivity contribution in [3.05, 3.63) is 0 Å². The molecule has 3 nitrogen and oxygen atoms in total. The molecular weight excluding hydrogens is 202 g/mol. The van der Waals surface area contributed by atoms with Gasteiger partial charge in [-0.3, -0.25) is 0 Å². The van der Waals surface area contributed by atoms with Gasteiger partial charge in [0.25, 0.3) is 0 Å². The maximum Gasteiger partial charge on any atom is 0.0855 e. The first kappa shape index (κ1) is 15.9. The fraction of sp³-hybridized carbons (Fsp3) is 1.00. The molecule has 0 aliphatic heterocycles. The van der Waals surface area contributed by atoms with E-state index in [0.29, 0.717) is 6.61 Å². The molecule has 0 atom stereocenters. The van der Waals surface area contributed by atoms with Gasteiger partial charge in [-0.2, -0.15) is 0 Å². The van der Waals surface area contributed by atoms with Gasteiger partial charge in [0.1, 0.15) is 0 Å². The maximum absolute atomic E-state index is 5.97. The minimum absolute atomic E-state index is 0.128. The summed E-state index contributed by atoms with van der Waals surface area (Å²) < 4.78 is 11.2. The third-order valence-corrected chi connectivity index (χ3v) is 2.73. The zero-order chi connectivity index (χ0) is 13.0. The minimum Gasteiger partial charge on any atom is -0.376 e. The average molecular weight is 231 g/mol. The summed E-state index contributed by atoms with van der Waals surface area (Å²) >= 11 is 0. The van der Waals surface area contributed by atoms with E-state index in [4.69, 9.17) is 15.2 Å². The normalized spacial score (nSPS) is 14.2. The smallest absolute Gasteiger partial charge is 0.0855 e. The molecule has 0 aromatic rings. The zero-order valence-electron chi connectivity index (χ0n) is 12.0. The van der Waals surface area contributed by atoms with E-state index in [1.807, 2.05) is 27.7 Å². The van der Waals surface area contributed by atoms with Crippen LogP contribution in [0.4, 0.5) is 0 Å². The van der Waals surface area contributed by atoms with Crippen molar-refractivity contribution >= 4 is 0 Å². The number of rotatable bonds is 7. The van der Waals surface area contributed by atoms with Gasteiger partial charge < -0.3 is 15.2 Å². The molecule has 0 aliphatic rings. The van der Waals surface area contributed by atoms with Crippen LogP contribution < -0.4 is 5.73 Å². The van der Waals surface area contributed by atoms with Crippen LogP contribution in [0, 0.1) is 0 Å². The van der Waals surface area contributed by atoms with Crippen molar-refractivity contribution in [3.63, 3.8) is 0 Å². The Morgan fingerprint density at radius 2 is 1.38 bits per heavy atom. The average Bonchev–Trinajstić information content (AvgIpc) is 2.12. The van der Waals surface area contributed by atoms with E-state index >= 15 is 0 Å². The topological polar surface area (TPSA) is 44.5 Å². The Bertz CT molecular complexity index is 204. The number of nitrogens with two attached hydrogens (primary N) is 1. The lowest BCUT2D eigenvalue weighted by atomic mass is 9.92. The quantitative estimate of drug-likeness (QED) is 0.732. The van der Waals surface area contributed by atoms with Gasteiger partial charge in [0, 0.05) is 12.6 Å². The number of ether oxygens (including phenoxy) is 2. The Labute approximate surface area is 101 Å². The van der Waals surface area contributed by atoms with E-state index in [1.54, 1.807) is 7.11 Å². The summed E-state index contributed by atoms with van der Waals surface area (Å²) in [6.45, 7) is 12.9. The molecule has 2 N–H and O–H groups in total. The van der Waals surface area contributed by atoms with E-state index in [1.165, 1.54) is 0 Å². The predicted molar refractivity (Wildman–Crippen MR) is 68.6 cm³/mol. The van der Waals surface area contributed by atoms with Crippen LogP contribution in [0.1, 0.15) is 54.4 Å². The highest BCUT2D eigenvalue weighted by atomic mass is 16.5. The molecule has 0 aliphatic carbocycles. The minimum atomic E-state index is -0.227. The summed E-state index contributed by atoms with van der Waals surface area (Å²) in [7, 11) is 1.71. The van der Waals surface area contributed by atoms with Crippen molar-refractivity contribution in [2.24, 2.45) is 5.73 Å². The molecule has 0 fully saturated rings. The van der Waals surface area contributed by atoms with Crippen molar-refractivity contribution in [3.8, 4) is 0 Å². The first-order valence-corrected chi connectivity index (χ1v) is 5.95. The van der Waals surface area contributed by atoms with Crippen LogP contribution in [-0.2, 0) is 9.47 Å². The largest absolute Gasteiger partial charge is 0.376 e. The lowest BCUT2D eigenvalue weighted by molar-refractivity contribution is -0.110. The van der Waals surface area contributed by atoms with E-state index in [-0.39, 0.29) is 16.7 Å². The van der Waals surface area contributed by atoms with Crippen LogP contribution in [0.3, 0.4) is 0 Å². The Kier molecular flexibility index (Phi) is 5.44. The Hall–Kier alpha value is -0.120. The maximum atomic E-state index is 5.97. The van der Waals surface area contributed by atoms with Crippen LogP contribution in [-0.4, -0.2) is 30.5 Å². The summed E-state index contributed by atoms with van der Waals surface area (Å²) in [5.41, 5.74) is 5.47. The molecule has 0 radical (unpaired) electrons. The number of hydrogen-bond donors (Lipinski definition) is 1. The van der Waals surface area contributed by atoms with Gasteiger partial charge >= 0.3 is 0 Å². The molecule has 16 heavy (non-hydrogen) atoms. The summed E-state index contributed by atoms with van der Waals surface area (Å²) in [6.07, 6.45) is 1.91. The lowest BCUT2D eigenvalue weighted by Gasteiger charge is -2.33. The summed E-state index contributed by atoms with van der Waals surface area (Å²) in [6, 6.07) is 0. The second kappa shape index (κ2) is 5.48. The van der Waals surface area contributed by atoms with Gasteiger partial charge in [0.05, 0.1) is 17.8 Å². The van der Waals surface area contributed by atoms with Crippen LogP contribution in [0.5, 0.6) is 0 Å². The van der Waals surface area contributed by atoms with Crippen molar-refractivity contribution in [2.75, 3.05) is 13.7 Å². The highest BCUT2D eigenvalue weighted by Gasteiger charge is 2.26. The molecule has 0 unspecified atom stereocenters. The molecule has 0 aromatic heterocycles. The van der Waals surface area contributed by atoms with E-state index < -0.39 is 0 Å². The molecule has 0 spiro atoms. The monoisotopic (exact) mass is 231 g/mol. The highest BCUT2D eigenvalue weighted by molar-refractivity contribution is 4.79. The van der Waals surface area contributed by atoms with Crippen LogP contribution in [0.25, 0.3) is 0 Å². The van der Waals surface area contributed by atoms with Crippen LogP contribution in [0.2, 0.25) is 0 Å². The molecule has 0 heterocycles. The predicted octanol–water partition coefficient (Wildman–Crippen LogP) is 2.72. The van der Waals surface area contributed by atoms with Gasteiger partial charge in [0.15, 0.2) is 0 Å². The van der Waals surface area contributed by atoms with Gasteiger partial charge in [-0.1, -0.05) is 0 Å².